The Morgan fingerprint density at radius 3 is 2.80 bits per heavy atom. The molecule has 0 saturated heterocycles. The van der Waals surface area contributed by atoms with Crippen LogP contribution in [0, 0.1) is 0 Å². The van der Waals surface area contributed by atoms with Gasteiger partial charge < -0.3 is 15.0 Å². The van der Waals surface area contributed by atoms with Gasteiger partial charge in [-0.2, -0.15) is 10.1 Å². The molecule has 0 amide bonds. The lowest BCUT2D eigenvalue weighted by atomic mass is 10.3. The maximum atomic E-state index is 4.99. The Morgan fingerprint density at radius 1 is 1.25 bits per heavy atom. The van der Waals surface area contributed by atoms with Crippen molar-refractivity contribution < 1.29 is 4.74 Å². The standard InChI is InChI=1S/C14H19N5O/c1-19(12-7-4-3-5-8-12)13-11-16-18-14(17-13)15-9-6-10-20-2/h3-5,7-8,11H,6,9-10H2,1-2H3,(H,15,17,18). The van der Waals surface area contributed by atoms with E-state index in [4.69, 9.17) is 4.74 Å². The van der Waals surface area contributed by atoms with E-state index in [0.29, 0.717) is 12.6 Å². The third-order valence-electron chi connectivity index (χ3n) is 2.84. The Labute approximate surface area is 118 Å². The SMILES string of the molecule is COCCCNc1nncc(N(C)c2ccccc2)n1. The summed E-state index contributed by atoms with van der Waals surface area (Å²) in [6, 6.07) is 10.0. The molecule has 0 spiro atoms. The summed E-state index contributed by atoms with van der Waals surface area (Å²) >= 11 is 0. The Balaban J connectivity index is 2.02. The van der Waals surface area contributed by atoms with Gasteiger partial charge in [-0.05, 0) is 18.6 Å². The molecule has 0 atom stereocenters. The molecule has 6 heteroatoms. The molecule has 1 aromatic carbocycles. The van der Waals surface area contributed by atoms with Crippen molar-refractivity contribution in [2.45, 2.75) is 6.42 Å². The molecule has 2 rings (SSSR count). The molecular weight excluding hydrogens is 254 g/mol. The van der Waals surface area contributed by atoms with Gasteiger partial charge in [-0.15, -0.1) is 5.10 Å². The second-order valence-corrected chi connectivity index (χ2v) is 4.31. The molecule has 0 aliphatic carbocycles. The molecule has 1 aromatic heterocycles. The number of nitrogens with zero attached hydrogens (tertiary/aromatic N) is 4. The Bertz CT molecular complexity index is 520. The van der Waals surface area contributed by atoms with E-state index in [1.54, 1.807) is 13.3 Å². The zero-order chi connectivity index (χ0) is 14.2. The predicted octanol–water partition coefficient (Wildman–Crippen LogP) is 2.09. The van der Waals surface area contributed by atoms with E-state index >= 15 is 0 Å². The van der Waals surface area contributed by atoms with E-state index in [1.165, 1.54) is 0 Å². The summed E-state index contributed by atoms with van der Waals surface area (Å²) in [5, 5.41) is 11.1. The number of para-hydroxylation sites is 1. The fourth-order valence-electron chi connectivity index (χ4n) is 1.73. The van der Waals surface area contributed by atoms with Gasteiger partial charge in [-0.25, -0.2) is 0 Å². The first kappa shape index (κ1) is 14.2. The molecule has 0 aliphatic heterocycles. The van der Waals surface area contributed by atoms with Crippen LogP contribution in [-0.2, 0) is 4.74 Å². The number of nitrogens with one attached hydrogen (secondary N) is 1. The molecule has 0 fully saturated rings. The van der Waals surface area contributed by atoms with Gasteiger partial charge in [0.05, 0.1) is 6.20 Å². The van der Waals surface area contributed by atoms with Crippen LogP contribution in [0.1, 0.15) is 6.42 Å². The summed E-state index contributed by atoms with van der Waals surface area (Å²) in [7, 11) is 3.64. The van der Waals surface area contributed by atoms with Crippen LogP contribution in [0.25, 0.3) is 0 Å². The molecular formula is C14H19N5O. The summed E-state index contributed by atoms with van der Waals surface area (Å²) in [6.07, 6.45) is 2.55. The molecule has 0 unspecified atom stereocenters. The van der Waals surface area contributed by atoms with Crippen molar-refractivity contribution in [3.05, 3.63) is 36.5 Å². The number of hydrogen-bond donors (Lipinski definition) is 1. The number of methoxy groups -OCH3 is 1. The van der Waals surface area contributed by atoms with Gasteiger partial charge in [-0.1, -0.05) is 18.2 Å². The molecule has 1 N–H and O–H groups in total. The average Bonchev–Trinajstić information content (AvgIpc) is 2.52. The second-order valence-electron chi connectivity index (χ2n) is 4.31. The van der Waals surface area contributed by atoms with Crippen molar-refractivity contribution >= 4 is 17.5 Å². The van der Waals surface area contributed by atoms with Crippen molar-refractivity contribution in [3.8, 4) is 0 Å². The van der Waals surface area contributed by atoms with Gasteiger partial charge in [0.1, 0.15) is 0 Å². The molecule has 0 radical (unpaired) electrons. The van der Waals surface area contributed by atoms with Crippen LogP contribution < -0.4 is 10.2 Å². The van der Waals surface area contributed by atoms with E-state index in [9.17, 15) is 0 Å². The van der Waals surface area contributed by atoms with Crippen molar-refractivity contribution in [1.29, 1.82) is 0 Å². The number of aromatic nitrogens is 3. The van der Waals surface area contributed by atoms with E-state index in [2.05, 4.69) is 20.5 Å². The minimum Gasteiger partial charge on any atom is -0.385 e. The molecule has 0 bridgehead atoms. The lowest BCUT2D eigenvalue weighted by molar-refractivity contribution is 0.197. The van der Waals surface area contributed by atoms with Crippen molar-refractivity contribution in [3.63, 3.8) is 0 Å². The first-order valence-electron chi connectivity index (χ1n) is 6.52. The lowest BCUT2D eigenvalue weighted by Crippen LogP contribution is -2.14. The fourth-order valence-corrected chi connectivity index (χ4v) is 1.73. The van der Waals surface area contributed by atoms with Crippen molar-refractivity contribution in [1.82, 2.24) is 15.2 Å². The number of hydrogen-bond acceptors (Lipinski definition) is 6. The average molecular weight is 273 g/mol. The number of anilines is 3. The van der Waals surface area contributed by atoms with Gasteiger partial charge >= 0.3 is 0 Å². The molecule has 2 aromatic rings. The fraction of sp³-hybridized carbons (Fsp3) is 0.357. The zero-order valence-corrected chi connectivity index (χ0v) is 11.8. The Morgan fingerprint density at radius 2 is 2.05 bits per heavy atom. The van der Waals surface area contributed by atoms with Crippen molar-refractivity contribution in [2.24, 2.45) is 0 Å². The highest BCUT2D eigenvalue weighted by Gasteiger charge is 2.07. The van der Waals surface area contributed by atoms with Gasteiger partial charge in [0.2, 0.25) is 5.95 Å². The van der Waals surface area contributed by atoms with Crippen LogP contribution in [0.5, 0.6) is 0 Å². The number of ether oxygens (including phenoxy) is 1. The summed E-state index contributed by atoms with van der Waals surface area (Å²) < 4.78 is 4.99. The molecule has 0 saturated carbocycles. The van der Waals surface area contributed by atoms with Crippen LogP contribution in [0.2, 0.25) is 0 Å². The topological polar surface area (TPSA) is 63.2 Å². The largest absolute Gasteiger partial charge is 0.385 e. The van der Waals surface area contributed by atoms with Gasteiger partial charge in [0, 0.05) is 33.0 Å². The molecule has 1 heterocycles. The predicted molar refractivity (Wildman–Crippen MR) is 79.3 cm³/mol. The highest BCUT2D eigenvalue weighted by Crippen LogP contribution is 2.20. The van der Waals surface area contributed by atoms with Crippen LogP contribution in [0.3, 0.4) is 0 Å². The lowest BCUT2D eigenvalue weighted by Gasteiger charge is -2.17. The Kier molecular flexibility index (Phi) is 5.25. The van der Waals surface area contributed by atoms with Gasteiger partial charge in [-0.3, -0.25) is 0 Å². The van der Waals surface area contributed by atoms with E-state index in [1.807, 2.05) is 42.3 Å². The van der Waals surface area contributed by atoms with Crippen LogP contribution in [0.15, 0.2) is 36.5 Å². The molecule has 0 aliphatic rings. The first-order valence-corrected chi connectivity index (χ1v) is 6.52. The summed E-state index contributed by atoms with van der Waals surface area (Å²) in [5.41, 5.74) is 1.05. The maximum Gasteiger partial charge on any atom is 0.244 e. The monoisotopic (exact) mass is 273 g/mol. The summed E-state index contributed by atoms with van der Waals surface area (Å²) in [6.45, 7) is 1.47. The third kappa shape index (κ3) is 3.89. The molecule has 106 valence electrons. The highest BCUT2D eigenvalue weighted by molar-refractivity contribution is 5.58. The quantitative estimate of drug-likeness (QED) is 0.779. The smallest absolute Gasteiger partial charge is 0.244 e. The van der Waals surface area contributed by atoms with Crippen LogP contribution in [-0.4, -0.2) is 42.5 Å². The van der Waals surface area contributed by atoms with Gasteiger partial charge in [0.25, 0.3) is 0 Å². The minimum atomic E-state index is 0.529. The minimum absolute atomic E-state index is 0.529. The highest BCUT2D eigenvalue weighted by atomic mass is 16.5. The van der Waals surface area contributed by atoms with Crippen LogP contribution >= 0.6 is 0 Å². The first-order chi connectivity index (χ1) is 9.81. The normalized spacial score (nSPS) is 10.3. The molecule has 6 nitrogen and oxygen atoms in total. The third-order valence-corrected chi connectivity index (χ3v) is 2.84. The van der Waals surface area contributed by atoms with Crippen molar-refractivity contribution in [2.75, 3.05) is 37.5 Å². The van der Waals surface area contributed by atoms with Crippen LogP contribution in [0.4, 0.5) is 17.5 Å². The summed E-state index contributed by atoms with van der Waals surface area (Å²) in [5.74, 6) is 1.28. The second kappa shape index (κ2) is 7.40. The molecule has 20 heavy (non-hydrogen) atoms. The number of benzene rings is 1. The Hall–Kier alpha value is -2.21. The van der Waals surface area contributed by atoms with E-state index in [0.717, 1.165) is 24.5 Å². The van der Waals surface area contributed by atoms with Gasteiger partial charge in [0.15, 0.2) is 5.82 Å². The maximum absolute atomic E-state index is 4.99. The van der Waals surface area contributed by atoms with E-state index in [-0.39, 0.29) is 0 Å². The van der Waals surface area contributed by atoms with E-state index < -0.39 is 0 Å². The zero-order valence-electron chi connectivity index (χ0n) is 11.8. The number of rotatable bonds is 7. The summed E-state index contributed by atoms with van der Waals surface area (Å²) in [4.78, 5) is 6.41.